The van der Waals surface area contributed by atoms with Gasteiger partial charge in [-0.05, 0) is 61.9 Å². The van der Waals surface area contributed by atoms with Gasteiger partial charge in [-0.2, -0.15) is 4.31 Å². The Balaban J connectivity index is 1.43. The summed E-state index contributed by atoms with van der Waals surface area (Å²) in [7, 11) is -3.43. The molecule has 0 atom stereocenters. The topological polar surface area (TPSA) is 40.6 Å². The molecular formula is C24H32N2O2S. The van der Waals surface area contributed by atoms with Crippen molar-refractivity contribution in [2.75, 3.05) is 31.1 Å². The number of piperazine rings is 1. The van der Waals surface area contributed by atoms with Gasteiger partial charge in [0, 0.05) is 31.9 Å². The van der Waals surface area contributed by atoms with Crippen LogP contribution in [0.4, 0.5) is 5.69 Å². The highest BCUT2D eigenvalue weighted by Gasteiger charge is 2.29. The molecule has 29 heavy (non-hydrogen) atoms. The van der Waals surface area contributed by atoms with Crippen LogP contribution in [0.25, 0.3) is 0 Å². The first kappa shape index (κ1) is 20.4. The molecule has 4 nitrogen and oxygen atoms in total. The zero-order valence-corrected chi connectivity index (χ0v) is 18.4. The highest BCUT2D eigenvalue weighted by molar-refractivity contribution is 7.89. The minimum Gasteiger partial charge on any atom is -0.369 e. The number of anilines is 1. The van der Waals surface area contributed by atoms with Crippen LogP contribution < -0.4 is 4.90 Å². The van der Waals surface area contributed by atoms with Crippen LogP contribution in [-0.2, 0) is 10.0 Å². The van der Waals surface area contributed by atoms with Crippen LogP contribution in [0.5, 0.6) is 0 Å². The van der Waals surface area contributed by atoms with Gasteiger partial charge >= 0.3 is 0 Å². The van der Waals surface area contributed by atoms with Crippen LogP contribution >= 0.6 is 0 Å². The number of sulfonamides is 1. The van der Waals surface area contributed by atoms with E-state index in [4.69, 9.17) is 0 Å². The van der Waals surface area contributed by atoms with Crippen molar-refractivity contribution in [1.29, 1.82) is 0 Å². The first-order valence-corrected chi connectivity index (χ1v) is 12.3. The summed E-state index contributed by atoms with van der Waals surface area (Å²) in [6, 6.07) is 14.2. The van der Waals surface area contributed by atoms with E-state index in [-0.39, 0.29) is 0 Å². The fraction of sp³-hybridized carbons (Fsp3) is 0.500. The van der Waals surface area contributed by atoms with Crippen molar-refractivity contribution in [2.45, 2.75) is 56.8 Å². The van der Waals surface area contributed by atoms with Crippen molar-refractivity contribution < 1.29 is 8.42 Å². The van der Waals surface area contributed by atoms with Crippen molar-refractivity contribution in [1.82, 2.24) is 4.31 Å². The van der Waals surface area contributed by atoms with E-state index in [1.807, 2.05) is 24.3 Å². The molecule has 1 aliphatic heterocycles. The Kier molecular flexibility index (Phi) is 5.98. The first-order chi connectivity index (χ1) is 13.9. The molecule has 0 unspecified atom stereocenters. The largest absolute Gasteiger partial charge is 0.369 e. The summed E-state index contributed by atoms with van der Waals surface area (Å²) in [5, 5.41) is 0. The van der Waals surface area contributed by atoms with Gasteiger partial charge in [0.25, 0.3) is 0 Å². The maximum atomic E-state index is 13.1. The van der Waals surface area contributed by atoms with Crippen molar-refractivity contribution in [3.8, 4) is 0 Å². The standard InChI is InChI=1S/C24H32N2O2S/c1-19-8-13-24(20(2)18-19)25-14-16-26(17-15-25)29(27,28)23-11-9-22(10-12-23)21-6-4-3-5-7-21/h8-13,18,21H,3-7,14-17H2,1-2H3. The van der Waals surface area contributed by atoms with E-state index in [1.54, 1.807) is 4.31 Å². The molecule has 2 aliphatic rings. The van der Waals surface area contributed by atoms with E-state index in [1.165, 1.54) is 54.5 Å². The Morgan fingerprint density at radius 2 is 1.48 bits per heavy atom. The highest BCUT2D eigenvalue weighted by atomic mass is 32.2. The van der Waals surface area contributed by atoms with Gasteiger partial charge in [-0.15, -0.1) is 0 Å². The number of benzene rings is 2. The van der Waals surface area contributed by atoms with Gasteiger partial charge in [0.05, 0.1) is 4.90 Å². The van der Waals surface area contributed by atoms with Gasteiger partial charge in [0.1, 0.15) is 0 Å². The third kappa shape index (κ3) is 4.36. The Labute approximate surface area is 175 Å². The summed E-state index contributed by atoms with van der Waals surface area (Å²) in [6.45, 7) is 6.73. The van der Waals surface area contributed by atoms with Crippen molar-refractivity contribution in [2.24, 2.45) is 0 Å². The molecule has 1 aliphatic carbocycles. The summed E-state index contributed by atoms with van der Waals surface area (Å²) >= 11 is 0. The molecule has 0 spiro atoms. The van der Waals surface area contributed by atoms with Crippen molar-refractivity contribution >= 4 is 15.7 Å². The average Bonchev–Trinajstić information content (AvgIpc) is 2.75. The first-order valence-electron chi connectivity index (χ1n) is 10.9. The SMILES string of the molecule is Cc1ccc(N2CCN(S(=O)(=O)c3ccc(C4CCCCC4)cc3)CC2)c(C)c1. The van der Waals surface area contributed by atoms with Gasteiger partial charge < -0.3 is 4.90 Å². The maximum Gasteiger partial charge on any atom is 0.243 e. The fourth-order valence-corrected chi connectivity index (χ4v) is 6.25. The number of hydrogen-bond donors (Lipinski definition) is 0. The lowest BCUT2D eigenvalue weighted by molar-refractivity contribution is 0.384. The number of aryl methyl sites for hydroxylation is 2. The molecule has 2 aromatic rings. The fourth-order valence-electron chi connectivity index (χ4n) is 4.83. The molecule has 1 saturated carbocycles. The molecule has 0 bridgehead atoms. The summed E-state index contributed by atoms with van der Waals surface area (Å²) in [5.41, 5.74) is 5.01. The van der Waals surface area contributed by atoms with E-state index in [9.17, 15) is 8.42 Å². The Morgan fingerprint density at radius 3 is 2.10 bits per heavy atom. The second kappa shape index (κ2) is 8.49. The monoisotopic (exact) mass is 412 g/mol. The molecule has 0 N–H and O–H groups in total. The third-order valence-electron chi connectivity index (χ3n) is 6.53. The zero-order chi connectivity index (χ0) is 20.4. The van der Waals surface area contributed by atoms with E-state index >= 15 is 0 Å². The lowest BCUT2D eigenvalue weighted by atomic mass is 9.84. The van der Waals surface area contributed by atoms with E-state index in [0.717, 1.165) is 13.1 Å². The molecule has 1 heterocycles. The van der Waals surface area contributed by atoms with Gasteiger partial charge in [-0.25, -0.2) is 8.42 Å². The van der Waals surface area contributed by atoms with Gasteiger partial charge in [0.15, 0.2) is 0 Å². The summed E-state index contributed by atoms with van der Waals surface area (Å²) < 4.78 is 27.9. The highest BCUT2D eigenvalue weighted by Crippen LogP contribution is 2.33. The summed E-state index contributed by atoms with van der Waals surface area (Å²) in [4.78, 5) is 2.73. The predicted molar refractivity (Wildman–Crippen MR) is 119 cm³/mol. The Bertz CT molecular complexity index is 939. The molecule has 2 aromatic carbocycles. The van der Waals surface area contributed by atoms with Crippen molar-refractivity contribution in [3.63, 3.8) is 0 Å². The van der Waals surface area contributed by atoms with Crippen LogP contribution in [0.3, 0.4) is 0 Å². The second-order valence-corrected chi connectivity index (χ2v) is 10.5. The quantitative estimate of drug-likeness (QED) is 0.720. The number of rotatable bonds is 4. The lowest BCUT2D eigenvalue weighted by Crippen LogP contribution is -2.48. The van der Waals surface area contributed by atoms with E-state index in [0.29, 0.717) is 23.9 Å². The van der Waals surface area contributed by atoms with Gasteiger partial charge in [-0.1, -0.05) is 49.1 Å². The van der Waals surface area contributed by atoms with E-state index in [2.05, 4.69) is 36.9 Å². The summed E-state index contributed by atoms with van der Waals surface area (Å²) in [6.07, 6.45) is 6.36. The third-order valence-corrected chi connectivity index (χ3v) is 8.44. The van der Waals surface area contributed by atoms with Crippen LogP contribution in [0.15, 0.2) is 47.4 Å². The molecule has 156 valence electrons. The molecule has 1 saturated heterocycles. The molecule has 0 amide bonds. The predicted octanol–water partition coefficient (Wildman–Crippen LogP) is 4.86. The van der Waals surface area contributed by atoms with Crippen LogP contribution in [0.2, 0.25) is 0 Å². The summed E-state index contributed by atoms with van der Waals surface area (Å²) in [5.74, 6) is 0.599. The Morgan fingerprint density at radius 1 is 0.828 bits per heavy atom. The molecule has 0 aromatic heterocycles. The molecular weight excluding hydrogens is 380 g/mol. The minimum atomic E-state index is -3.43. The lowest BCUT2D eigenvalue weighted by Gasteiger charge is -2.36. The molecule has 0 radical (unpaired) electrons. The molecule has 5 heteroatoms. The van der Waals surface area contributed by atoms with Gasteiger partial charge in [-0.3, -0.25) is 0 Å². The zero-order valence-electron chi connectivity index (χ0n) is 17.6. The normalized spacial score (nSPS) is 19.4. The van der Waals surface area contributed by atoms with E-state index < -0.39 is 10.0 Å². The minimum absolute atomic E-state index is 0.428. The van der Waals surface area contributed by atoms with Crippen molar-refractivity contribution in [3.05, 3.63) is 59.2 Å². The van der Waals surface area contributed by atoms with Crippen LogP contribution in [-0.4, -0.2) is 38.9 Å². The maximum absolute atomic E-state index is 13.1. The van der Waals surface area contributed by atoms with Crippen LogP contribution in [0, 0.1) is 13.8 Å². The molecule has 4 rings (SSSR count). The van der Waals surface area contributed by atoms with Gasteiger partial charge in [0.2, 0.25) is 10.0 Å². The number of nitrogens with zero attached hydrogens (tertiary/aromatic N) is 2. The van der Waals surface area contributed by atoms with Crippen LogP contribution in [0.1, 0.15) is 54.7 Å². The smallest absolute Gasteiger partial charge is 0.243 e. The molecule has 2 fully saturated rings. The second-order valence-electron chi connectivity index (χ2n) is 8.59. The average molecular weight is 413 g/mol. The number of hydrogen-bond acceptors (Lipinski definition) is 3. The Hall–Kier alpha value is -1.85.